The molecule has 0 aromatic heterocycles. The SMILES string of the molecule is Nc1cc2c(c([N+](=O)[O-])c1)C(=O)c1cc(Cl)ccc1C2=O. The number of benzene rings is 2. The smallest absolute Gasteiger partial charge is 0.283 e. The first-order valence-electron chi connectivity index (χ1n) is 5.87. The molecule has 0 saturated heterocycles. The van der Waals surface area contributed by atoms with Crippen molar-refractivity contribution in [2.24, 2.45) is 0 Å². The zero-order valence-corrected chi connectivity index (χ0v) is 11.2. The van der Waals surface area contributed by atoms with Crippen LogP contribution in [0.4, 0.5) is 11.4 Å². The summed E-state index contributed by atoms with van der Waals surface area (Å²) in [7, 11) is 0. The summed E-state index contributed by atoms with van der Waals surface area (Å²) < 4.78 is 0. The molecule has 3 rings (SSSR count). The summed E-state index contributed by atoms with van der Waals surface area (Å²) in [5, 5.41) is 11.4. The predicted molar refractivity (Wildman–Crippen MR) is 75.8 cm³/mol. The fourth-order valence-electron chi connectivity index (χ4n) is 2.39. The van der Waals surface area contributed by atoms with Gasteiger partial charge in [0.1, 0.15) is 5.56 Å². The van der Waals surface area contributed by atoms with E-state index in [1.165, 1.54) is 24.3 Å². The lowest BCUT2D eigenvalue weighted by molar-refractivity contribution is -0.385. The summed E-state index contributed by atoms with van der Waals surface area (Å²) in [6.07, 6.45) is 0. The summed E-state index contributed by atoms with van der Waals surface area (Å²) in [5.41, 5.74) is 5.09. The molecule has 2 N–H and O–H groups in total. The second-order valence-corrected chi connectivity index (χ2v) is 5.00. The maximum atomic E-state index is 12.5. The molecule has 0 atom stereocenters. The molecule has 7 heteroatoms. The van der Waals surface area contributed by atoms with Crippen molar-refractivity contribution in [2.75, 3.05) is 5.73 Å². The van der Waals surface area contributed by atoms with Crippen molar-refractivity contribution in [1.82, 2.24) is 0 Å². The van der Waals surface area contributed by atoms with Crippen LogP contribution in [0.25, 0.3) is 0 Å². The van der Waals surface area contributed by atoms with Crippen LogP contribution in [0.5, 0.6) is 0 Å². The molecule has 104 valence electrons. The number of carbonyl (C=O) groups excluding carboxylic acids is 2. The molecule has 0 aliphatic heterocycles. The topological polar surface area (TPSA) is 103 Å². The van der Waals surface area contributed by atoms with Gasteiger partial charge in [-0.15, -0.1) is 0 Å². The Balaban J connectivity index is 2.38. The molecule has 0 bridgehead atoms. The highest BCUT2D eigenvalue weighted by molar-refractivity contribution is 6.34. The van der Waals surface area contributed by atoms with Gasteiger partial charge in [0, 0.05) is 33.5 Å². The second kappa shape index (κ2) is 4.39. The lowest BCUT2D eigenvalue weighted by Gasteiger charge is -2.17. The summed E-state index contributed by atoms with van der Waals surface area (Å²) in [6.45, 7) is 0. The van der Waals surface area contributed by atoms with Crippen LogP contribution in [-0.2, 0) is 0 Å². The van der Waals surface area contributed by atoms with Gasteiger partial charge >= 0.3 is 0 Å². The Hall–Kier alpha value is -2.73. The van der Waals surface area contributed by atoms with E-state index < -0.39 is 22.2 Å². The van der Waals surface area contributed by atoms with Crippen molar-refractivity contribution in [2.45, 2.75) is 0 Å². The van der Waals surface area contributed by atoms with Gasteiger partial charge in [0.15, 0.2) is 5.78 Å². The highest BCUT2D eigenvalue weighted by Crippen LogP contribution is 2.35. The zero-order chi connectivity index (χ0) is 15.3. The molecule has 2 aromatic carbocycles. The Morgan fingerprint density at radius 2 is 1.71 bits per heavy atom. The van der Waals surface area contributed by atoms with E-state index in [1.807, 2.05) is 0 Å². The van der Waals surface area contributed by atoms with Crippen LogP contribution in [-0.4, -0.2) is 16.5 Å². The third-order valence-corrected chi connectivity index (χ3v) is 3.51. The molecule has 0 unspecified atom stereocenters. The molecular weight excluding hydrogens is 296 g/mol. The van der Waals surface area contributed by atoms with Gasteiger partial charge in [-0.3, -0.25) is 19.7 Å². The maximum Gasteiger partial charge on any atom is 0.283 e. The number of nitrogens with zero attached hydrogens (tertiary/aromatic N) is 1. The van der Waals surface area contributed by atoms with Gasteiger partial charge in [-0.1, -0.05) is 11.6 Å². The lowest BCUT2D eigenvalue weighted by Crippen LogP contribution is -2.22. The monoisotopic (exact) mass is 302 g/mol. The van der Waals surface area contributed by atoms with Crippen LogP contribution in [0.2, 0.25) is 5.02 Å². The number of nitrogens with two attached hydrogens (primary N) is 1. The number of anilines is 1. The van der Waals surface area contributed by atoms with Crippen molar-refractivity contribution in [3.63, 3.8) is 0 Å². The van der Waals surface area contributed by atoms with E-state index >= 15 is 0 Å². The Morgan fingerprint density at radius 1 is 1.00 bits per heavy atom. The normalized spacial score (nSPS) is 12.8. The molecular formula is C14H7ClN2O4. The van der Waals surface area contributed by atoms with Gasteiger partial charge in [0.25, 0.3) is 5.69 Å². The van der Waals surface area contributed by atoms with Crippen LogP contribution in [0.1, 0.15) is 31.8 Å². The van der Waals surface area contributed by atoms with Gasteiger partial charge < -0.3 is 5.73 Å². The van der Waals surface area contributed by atoms with Gasteiger partial charge in [-0.05, 0) is 24.3 Å². The molecule has 0 radical (unpaired) electrons. The zero-order valence-electron chi connectivity index (χ0n) is 10.4. The fraction of sp³-hybridized carbons (Fsp3) is 0. The third-order valence-electron chi connectivity index (χ3n) is 3.28. The Morgan fingerprint density at radius 3 is 2.38 bits per heavy atom. The largest absolute Gasteiger partial charge is 0.399 e. The van der Waals surface area contributed by atoms with Gasteiger partial charge in [-0.2, -0.15) is 0 Å². The highest BCUT2D eigenvalue weighted by Gasteiger charge is 2.36. The Labute approximate surface area is 123 Å². The molecule has 1 aliphatic carbocycles. The Bertz CT molecular complexity index is 845. The molecule has 6 nitrogen and oxygen atoms in total. The average Bonchev–Trinajstić information content (AvgIpc) is 2.43. The van der Waals surface area contributed by atoms with Crippen molar-refractivity contribution >= 4 is 34.5 Å². The molecule has 2 aromatic rings. The molecule has 0 heterocycles. The highest BCUT2D eigenvalue weighted by atomic mass is 35.5. The number of nitro groups is 1. The number of fused-ring (bicyclic) bond motifs is 2. The van der Waals surface area contributed by atoms with Crippen LogP contribution >= 0.6 is 11.6 Å². The van der Waals surface area contributed by atoms with Gasteiger partial charge in [0.05, 0.1) is 4.92 Å². The van der Waals surface area contributed by atoms with Gasteiger partial charge in [-0.25, -0.2) is 0 Å². The molecule has 0 amide bonds. The minimum Gasteiger partial charge on any atom is -0.399 e. The van der Waals surface area contributed by atoms with Gasteiger partial charge in [0.2, 0.25) is 5.78 Å². The average molecular weight is 303 g/mol. The number of carbonyl (C=O) groups is 2. The minimum absolute atomic E-state index is 0.0541. The number of hydrogen-bond donors (Lipinski definition) is 1. The fourth-order valence-corrected chi connectivity index (χ4v) is 2.56. The van der Waals surface area contributed by atoms with E-state index in [9.17, 15) is 19.7 Å². The molecule has 0 spiro atoms. The van der Waals surface area contributed by atoms with Crippen LogP contribution in [0.15, 0.2) is 30.3 Å². The van der Waals surface area contributed by atoms with Crippen molar-refractivity contribution in [3.05, 3.63) is 67.7 Å². The minimum atomic E-state index is -0.726. The number of nitro benzene ring substituents is 1. The second-order valence-electron chi connectivity index (χ2n) is 4.57. The van der Waals surface area contributed by atoms with E-state index in [0.717, 1.165) is 6.07 Å². The first-order valence-corrected chi connectivity index (χ1v) is 6.25. The third kappa shape index (κ3) is 1.88. The number of rotatable bonds is 1. The number of hydrogen-bond acceptors (Lipinski definition) is 5. The summed E-state index contributed by atoms with van der Waals surface area (Å²) in [6, 6.07) is 6.59. The molecule has 1 aliphatic rings. The maximum absolute atomic E-state index is 12.5. The molecule has 0 saturated carbocycles. The van der Waals surface area contributed by atoms with Crippen LogP contribution in [0, 0.1) is 10.1 Å². The summed E-state index contributed by atoms with van der Waals surface area (Å²) >= 11 is 5.83. The first kappa shape index (κ1) is 13.3. The van der Waals surface area contributed by atoms with Crippen molar-refractivity contribution in [3.8, 4) is 0 Å². The van der Waals surface area contributed by atoms with E-state index in [4.69, 9.17) is 17.3 Å². The van der Waals surface area contributed by atoms with Crippen molar-refractivity contribution in [1.29, 1.82) is 0 Å². The van der Waals surface area contributed by atoms with E-state index in [2.05, 4.69) is 0 Å². The number of halogens is 1. The van der Waals surface area contributed by atoms with E-state index in [0.29, 0.717) is 0 Å². The predicted octanol–water partition coefficient (Wildman–Crippen LogP) is 2.61. The quantitative estimate of drug-likeness (QED) is 0.423. The number of ketones is 2. The molecule has 21 heavy (non-hydrogen) atoms. The van der Waals surface area contributed by atoms with E-state index in [-0.39, 0.29) is 33.0 Å². The van der Waals surface area contributed by atoms with Crippen LogP contribution in [0.3, 0.4) is 0 Å². The summed E-state index contributed by atoms with van der Waals surface area (Å²) in [5.74, 6) is -1.08. The first-order chi connectivity index (χ1) is 9.90. The Kier molecular flexibility index (Phi) is 2.77. The lowest BCUT2D eigenvalue weighted by atomic mass is 9.83. The van der Waals surface area contributed by atoms with Crippen molar-refractivity contribution < 1.29 is 14.5 Å². The van der Waals surface area contributed by atoms with E-state index in [1.54, 1.807) is 0 Å². The molecule has 0 fully saturated rings. The summed E-state index contributed by atoms with van der Waals surface area (Å²) in [4.78, 5) is 35.3. The number of nitrogen functional groups attached to an aromatic ring is 1. The standard InChI is InChI=1S/C14H7ClN2O4/c15-6-1-2-8-9(3-6)14(19)12-10(13(8)18)4-7(16)5-11(12)17(20)21/h1-5H,16H2. The van der Waals surface area contributed by atoms with Crippen LogP contribution < -0.4 is 5.73 Å².